The summed E-state index contributed by atoms with van der Waals surface area (Å²) in [5, 5.41) is 0.477. The highest BCUT2D eigenvalue weighted by Gasteiger charge is 2.19. The van der Waals surface area contributed by atoms with Crippen LogP contribution in [0.4, 0.5) is 0 Å². The zero-order valence-electron chi connectivity index (χ0n) is 12.7. The molecule has 0 N–H and O–H groups in total. The Morgan fingerprint density at radius 1 is 1.26 bits per heavy atom. The number of carbonyl (C=O) groups is 1. The van der Waals surface area contributed by atoms with E-state index in [1.807, 2.05) is 0 Å². The van der Waals surface area contributed by atoms with Crippen molar-refractivity contribution in [1.82, 2.24) is 14.9 Å². The molecule has 0 saturated carbocycles. The van der Waals surface area contributed by atoms with Gasteiger partial charge >= 0.3 is 0 Å². The number of rotatable bonds is 3. The molecule has 2 aromatic heterocycles. The van der Waals surface area contributed by atoms with Crippen LogP contribution in [0.3, 0.4) is 0 Å². The van der Waals surface area contributed by atoms with Gasteiger partial charge in [-0.1, -0.05) is 11.6 Å². The Morgan fingerprint density at radius 2 is 2.04 bits per heavy atom. The number of hydrogen-bond acceptors (Lipinski definition) is 5. The third-order valence-corrected chi connectivity index (χ3v) is 3.93. The highest BCUT2D eigenvalue weighted by molar-refractivity contribution is 6.33. The molecule has 1 aliphatic heterocycles. The predicted molar refractivity (Wildman–Crippen MR) is 85.8 cm³/mol. The van der Waals surface area contributed by atoms with Gasteiger partial charge in [-0.15, -0.1) is 0 Å². The van der Waals surface area contributed by atoms with E-state index in [0.717, 1.165) is 0 Å². The number of pyridine rings is 2. The normalized spacial score (nSPS) is 14.6. The summed E-state index contributed by atoms with van der Waals surface area (Å²) in [5.74, 6) is 0.422. The summed E-state index contributed by atoms with van der Waals surface area (Å²) < 4.78 is 10.4. The van der Waals surface area contributed by atoms with Gasteiger partial charge in [-0.2, -0.15) is 0 Å². The number of carbonyl (C=O) groups excluding carboxylic acids is 1. The van der Waals surface area contributed by atoms with Crippen molar-refractivity contribution in [3.63, 3.8) is 0 Å². The summed E-state index contributed by atoms with van der Waals surface area (Å²) in [6.07, 6.45) is 3.08. The lowest BCUT2D eigenvalue weighted by Crippen LogP contribution is -2.40. The van der Waals surface area contributed by atoms with Gasteiger partial charge in [0.2, 0.25) is 5.88 Å². The van der Waals surface area contributed by atoms with Crippen molar-refractivity contribution in [3.8, 4) is 17.1 Å². The molecular weight excluding hydrogens is 318 g/mol. The van der Waals surface area contributed by atoms with Gasteiger partial charge in [-0.3, -0.25) is 9.78 Å². The zero-order valence-corrected chi connectivity index (χ0v) is 13.4. The lowest BCUT2D eigenvalue weighted by atomic mass is 10.1. The molecule has 7 heteroatoms. The maximum absolute atomic E-state index is 12.4. The quantitative estimate of drug-likeness (QED) is 0.862. The topological polar surface area (TPSA) is 64.5 Å². The first-order chi connectivity index (χ1) is 11.2. The fraction of sp³-hybridized carbons (Fsp3) is 0.312. The summed E-state index contributed by atoms with van der Waals surface area (Å²) in [6.45, 7) is 2.36. The molecular formula is C16H16ClN3O3. The third-order valence-electron chi connectivity index (χ3n) is 3.62. The number of morpholine rings is 1. The number of aromatic nitrogens is 2. The van der Waals surface area contributed by atoms with Crippen molar-refractivity contribution in [1.29, 1.82) is 0 Å². The predicted octanol–water partition coefficient (Wildman–Crippen LogP) is 2.28. The molecule has 1 fully saturated rings. The minimum atomic E-state index is -0.0363. The fourth-order valence-electron chi connectivity index (χ4n) is 2.36. The van der Waals surface area contributed by atoms with E-state index in [-0.39, 0.29) is 5.91 Å². The van der Waals surface area contributed by atoms with Gasteiger partial charge < -0.3 is 14.4 Å². The highest BCUT2D eigenvalue weighted by atomic mass is 35.5. The Hall–Kier alpha value is -2.18. The maximum Gasteiger partial charge on any atom is 0.255 e. The van der Waals surface area contributed by atoms with Crippen LogP contribution in [0.5, 0.6) is 5.88 Å². The number of nitrogens with zero attached hydrogens (tertiary/aromatic N) is 3. The fourth-order valence-corrected chi connectivity index (χ4v) is 2.56. The van der Waals surface area contributed by atoms with Gasteiger partial charge in [0.25, 0.3) is 5.91 Å². The van der Waals surface area contributed by atoms with Crippen LogP contribution in [-0.2, 0) is 4.74 Å². The Labute approximate surface area is 139 Å². The molecule has 120 valence electrons. The number of ether oxygens (including phenoxy) is 2. The molecule has 23 heavy (non-hydrogen) atoms. The Kier molecular flexibility index (Phi) is 4.73. The molecule has 3 rings (SSSR count). The van der Waals surface area contributed by atoms with E-state index in [9.17, 15) is 4.79 Å². The van der Waals surface area contributed by atoms with Gasteiger partial charge in [-0.05, 0) is 12.1 Å². The molecule has 0 bridgehead atoms. The summed E-state index contributed by atoms with van der Waals surface area (Å²) >= 11 is 6.16. The average Bonchev–Trinajstić information content (AvgIpc) is 2.62. The van der Waals surface area contributed by atoms with Crippen LogP contribution in [0.25, 0.3) is 11.3 Å². The Bertz CT molecular complexity index is 700. The lowest BCUT2D eigenvalue weighted by molar-refractivity contribution is 0.0302. The van der Waals surface area contributed by atoms with Gasteiger partial charge in [0.15, 0.2) is 0 Å². The van der Waals surface area contributed by atoms with Crippen LogP contribution < -0.4 is 4.74 Å². The van der Waals surface area contributed by atoms with E-state index in [2.05, 4.69) is 9.97 Å². The van der Waals surface area contributed by atoms with E-state index in [4.69, 9.17) is 21.1 Å². The SMILES string of the molecule is COc1cc(-c2ccc(C(=O)N3CCOCC3)cn2)c(Cl)cn1. The van der Waals surface area contributed by atoms with Crippen molar-refractivity contribution in [2.45, 2.75) is 0 Å². The maximum atomic E-state index is 12.4. The molecule has 0 aliphatic carbocycles. The van der Waals surface area contributed by atoms with Crippen LogP contribution in [0.15, 0.2) is 30.6 Å². The van der Waals surface area contributed by atoms with Crippen LogP contribution in [-0.4, -0.2) is 54.2 Å². The summed E-state index contributed by atoms with van der Waals surface area (Å²) in [7, 11) is 1.54. The summed E-state index contributed by atoms with van der Waals surface area (Å²) in [4.78, 5) is 22.5. The molecule has 1 amide bonds. The van der Waals surface area contributed by atoms with Crippen molar-refractivity contribution in [3.05, 3.63) is 41.2 Å². The van der Waals surface area contributed by atoms with E-state index < -0.39 is 0 Å². The summed E-state index contributed by atoms with van der Waals surface area (Å²) in [5.41, 5.74) is 1.92. The number of methoxy groups -OCH3 is 1. The molecule has 0 aromatic carbocycles. The molecule has 3 heterocycles. The standard InChI is InChI=1S/C16H16ClN3O3/c1-22-15-8-12(13(17)10-19-15)14-3-2-11(9-18-14)16(21)20-4-6-23-7-5-20/h2-3,8-10H,4-7H2,1H3. The van der Waals surface area contributed by atoms with Crippen LogP contribution in [0, 0.1) is 0 Å². The summed E-state index contributed by atoms with van der Waals surface area (Å²) in [6, 6.07) is 5.24. The number of hydrogen-bond donors (Lipinski definition) is 0. The highest BCUT2D eigenvalue weighted by Crippen LogP contribution is 2.28. The molecule has 0 unspecified atom stereocenters. The van der Waals surface area contributed by atoms with Crippen LogP contribution in [0.1, 0.15) is 10.4 Å². The second-order valence-electron chi connectivity index (χ2n) is 5.04. The van der Waals surface area contributed by atoms with Gasteiger partial charge in [0, 0.05) is 30.9 Å². The van der Waals surface area contributed by atoms with E-state index in [1.54, 1.807) is 29.3 Å². The first-order valence-electron chi connectivity index (χ1n) is 7.22. The van der Waals surface area contributed by atoms with E-state index in [0.29, 0.717) is 54.0 Å². The lowest BCUT2D eigenvalue weighted by Gasteiger charge is -2.26. The molecule has 2 aromatic rings. The second kappa shape index (κ2) is 6.93. The van der Waals surface area contributed by atoms with Gasteiger partial charge in [0.05, 0.1) is 42.8 Å². The Balaban J connectivity index is 1.83. The molecule has 0 spiro atoms. The minimum absolute atomic E-state index is 0.0363. The molecule has 6 nitrogen and oxygen atoms in total. The molecule has 0 atom stereocenters. The van der Waals surface area contributed by atoms with Crippen molar-refractivity contribution in [2.75, 3.05) is 33.4 Å². The number of halogens is 1. The Morgan fingerprint density at radius 3 is 2.70 bits per heavy atom. The van der Waals surface area contributed by atoms with E-state index in [1.165, 1.54) is 13.3 Å². The first-order valence-corrected chi connectivity index (χ1v) is 7.60. The molecule has 0 radical (unpaired) electrons. The third kappa shape index (κ3) is 3.43. The molecule has 1 saturated heterocycles. The second-order valence-corrected chi connectivity index (χ2v) is 5.45. The largest absolute Gasteiger partial charge is 0.481 e. The zero-order chi connectivity index (χ0) is 16.2. The van der Waals surface area contributed by atoms with Gasteiger partial charge in [0.1, 0.15) is 0 Å². The van der Waals surface area contributed by atoms with Crippen molar-refractivity contribution in [2.24, 2.45) is 0 Å². The van der Waals surface area contributed by atoms with Crippen LogP contribution >= 0.6 is 11.6 Å². The first kappa shape index (κ1) is 15.7. The smallest absolute Gasteiger partial charge is 0.255 e. The molecule has 1 aliphatic rings. The van der Waals surface area contributed by atoms with Crippen molar-refractivity contribution < 1.29 is 14.3 Å². The van der Waals surface area contributed by atoms with Gasteiger partial charge in [-0.25, -0.2) is 4.98 Å². The van der Waals surface area contributed by atoms with Crippen LogP contribution in [0.2, 0.25) is 5.02 Å². The van der Waals surface area contributed by atoms with Crippen molar-refractivity contribution >= 4 is 17.5 Å². The average molecular weight is 334 g/mol. The monoisotopic (exact) mass is 333 g/mol. The number of amides is 1. The van der Waals surface area contributed by atoms with E-state index >= 15 is 0 Å². The minimum Gasteiger partial charge on any atom is -0.481 e.